The van der Waals surface area contributed by atoms with Gasteiger partial charge in [-0.05, 0) is 25.8 Å². The summed E-state index contributed by atoms with van der Waals surface area (Å²) in [6.07, 6.45) is 1.24. The molecule has 0 aliphatic carbocycles. The Labute approximate surface area is 81.1 Å². The fourth-order valence-electron chi connectivity index (χ4n) is 2.00. The van der Waals surface area contributed by atoms with Gasteiger partial charge in [-0.1, -0.05) is 20.3 Å². The fraction of sp³-hybridized carbons (Fsp3) is 1.00. The molecule has 72 valence electrons. The second-order valence-corrected chi connectivity index (χ2v) is 4.68. The first-order valence-corrected chi connectivity index (χ1v) is 5.35. The SMILES string of the molecule is CCC(C)C1CN(C)C(C)C1Cl. The minimum absolute atomic E-state index is 0.352. The van der Waals surface area contributed by atoms with Crippen LogP contribution in [0.3, 0.4) is 0 Å². The predicted molar refractivity (Wildman–Crippen MR) is 54.7 cm³/mol. The Hall–Kier alpha value is 0.250. The van der Waals surface area contributed by atoms with Crippen LogP contribution in [0.1, 0.15) is 27.2 Å². The number of halogens is 1. The molecule has 1 aliphatic heterocycles. The largest absolute Gasteiger partial charge is 0.302 e. The van der Waals surface area contributed by atoms with Crippen molar-refractivity contribution in [3.63, 3.8) is 0 Å². The third-order valence-electron chi connectivity index (χ3n) is 3.44. The summed E-state index contributed by atoms with van der Waals surface area (Å²) in [6, 6.07) is 0.547. The monoisotopic (exact) mass is 189 g/mol. The fourth-order valence-corrected chi connectivity index (χ4v) is 2.52. The zero-order valence-corrected chi connectivity index (χ0v) is 9.30. The van der Waals surface area contributed by atoms with E-state index in [0.717, 1.165) is 5.92 Å². The summed E-state index contributed by atoms with van der Waals surface area (Å²) >= 11 is 6.36. The molecule has 0 N–H and O–H groups in total. The van der Waals surface area contributed by atoms with Crippen molar-refractivity contribution in [3.05, 3.63) is 0 Å². The molecule has 0 saturated carbocycles. The van der Waals surface area contributed by atoms with Gasteiger partial charge < -0.3 is 4.90 Å². The zero-order chi connectivity index (χ0) is 9.30. The summed E-state index contributed by atoms with van der Waals surface area (Å²) in [7, 11) is 2.17. The summed E-state index contributed by atoms with van der Waals surface area (Å²) < 4.78 is 0. The highest BCUT2D eigenvalue weighted by molar-refractivity contribution is 6.21. The molecule has 0 radical (unpaired) electrons. The van der Waals surface area contributed by atoms with Gasteiger partial charge in [-0.15, -0.1) is 11.6 Å². The van der Waals surface area contributed by atoms with Crippen molar-refractivity contribution in [2.24, 2.45) is 11.8 Å². The highest BCUT2D eigenvalue weighted by Gasteiger charge is 2.37. The van der Waals surface area contributed by atoms with Crippen LogP contribution in [0.2, 0.25) is 0 Å². The summed E-state index contributed by atoms with van der Waals surface area (Å²) in [5, 5.41) is 0.352. The van der Waals surface area contributed by atoms with Crippen LogP contribution < -0.4 is 0 Å². The number of nitrogens with zero attached hydrogens (tertiary/aromatic N) is 1. The van der Waals surface area contributed by atoms with Gasteiger partial charge >= 0.3 is 0 Å². The van der Waals surface area contributed by atoms with Crippen LogP contribution in [0.5, 0.6) is 0 Å². The van der Waals surface area contributed by atoms with E-state index in [1.54, 1.807) is 0 Å². The first kappa shape index (κ1) is 10.3. The molecule has 1 heterocycles. The van der Waals surface area contributed by atoms with E-state index < -0.39 is 0 Å². The smallest absolute Gasteiger partial charge is 0.0531 e. The number of likely N-dealkylation sites (tertiary alicyclic amines) is 1. The minimum Gasteiger partial charge on any atom is -0.302 e. The van der Waals surface area contributed by atoms with E-state index in [2.05, 4.69) is 32.7 Å². The molecule has 1 aliphatic rings. The summed E-state index contributed by atoms with van der Waals surface area (Å²) in [5.74, 6) is 1.46. The van der Waals surface area contributed by atoms with Gasteiger partial charge in [-0.3, -0.25) is 0 Å². The molecule has 2 heteroatoms. The van der Waals surface area contributed by atoms with Gasteiger partial charge in [0, 0.05) is 12.6 Å². The Bertz CT molecular complexity index is 149. The molecule has 4 atom stereocenters. The Morgan fingerprint density at radius 2 is 2.17 bits per heavy atom. The Morgan fingerprint density at radius 3 is 2.50 bits per heavy atom. The summed E-state index contributed by atoms with van der Waals surface area (Å²) in [6.45, 7) is 7.95. The number of rotatable bonds is 2. The zero-order valence-electron chi connectivity index (χ0n) is 8.55. The van der Waals surface area contributed by atoms with Crippen LogP contribution in [0.15, 0.2) is 0 Å². The van der Waals surface area contributed by atoms with Crippen molar-refractivity contribution < 1.29 is 0 Å². The molecular weight excluding hydrogens is 170 g/mol. The lowest BCUT2D eigenvalue weighted by molar-refractivity contribution is 0.307. The Morgan fingerprint density at radius 1 is 1.58 bits per heavy atom. The van der Waals surface area contributed by atoms with Crippen LogP contribution in [0.25, 0.3) is 0 Å². The number of hydrogen-bond donors (Lipinski definition) is 0. The van der Waals surface area contributed by atoms with Crippen molar-refractivity contribution in [1.29, 1.82) is 0 Å². The standard InChI is InChI=1S/C10H20ClN/c1-5-7(2)9-6-12(4)8(3)10(9)11/h7-10H,5-6H2,1-4H3. The van der Waals surface area contributed by atoms with E-state index in [1.807, 2.05) is 0 Å². The van der Waals surface area contributed by atoms with Crippen LogP contribution in [0, 0.1) is 11.8 Å². The molecule has 0 bridgehead atoms. The average molecular weight is 190 g/mol. The van der Waals surface area contributed by atoms with E-state index in [9.17, 15) is 0 Å². The Balaban J connectivity index is 2.58. The lowest BCUT2D eigenvalue weighted by atomic mass is 9.89. The van der Waals surface area contributed by atoms with E-state index in [-0.39, 0.29) is 0 Å². The normalized spacial score (nSPS) is 40.2. The van der Waals surface area contributed by atoms with Gasteiger partial charge in [0.25, 0.3) is 0 Å². The van der Waals surface area contributed by atoms with Crippen LogP contribution in [-0.2, 0) is 0 Å². The minimum atomic E-state index is 0.352. The van der Waals surface area contributed by atoms with Crippen molar-refractivity contribution in [2.75, 3.05) is 13.6 Å². The van der Waals surface area contributed by atoms with E-state index >= 15 is 0 Å². The summed E-state index contributed by atoms with van der Waals surface area (Å²) in [4.78, 5) is 2.37. The van der Waals surface area contributed by atoms with Gasteiger partial charge in [0.1, 0.15) is 0 Å². The Kier molecular flexibility index (Phi) is 3.42. The molecule has 0 aromatic rings. The van der Waals surface area contributed by atoms with E-state index in [1.165, 1.54) is 13.0 Å². The number of hydrogen-bond acceptors (Lipinski definition) is 1. The van der Waals surface area contributed by atoms with Gasteiger partial charge in [-0.25, -0.2) is 0 Å². The van der Waals surface area contributed by atoms with Crippen molar-refractivity contribution in [2.45, 2.75) is 38.6 Å². The third-order valence-corrected chi connectivity index (χ3v) is 4.13. The van der Waals surface area contributed by atoms with E-state index in [4.69, 9.17) is 11.6 Å². The van der Waals surface area contributed by atoms with Crippen LogP contribution in [-0.4, -0.2) is 29.9 Å². The van der Waals surface area contributed by atoms with Gasteiger partial charge in [0.05, 0.1) is 5.38 Å². The molecule has 0 amide bonds. The topological polar surface area (TPSA) is 3.24 Å². The summed E-state index contributed by atoms with van der Waals surface area (Å²) in [5.41, 5.74) is 0. The molecule has 0 aromatic heterocycles. The first-order valence-electron chi connectivity index (χ1n) is 4.92. The van der Waals surface area contributed by atoms with Crippen molar-refractivity contribution >= 4 is 11.6 Å². The highest BCUT2D eigenvalue weighted by atomic mass is 35.5. The highest BCUT2D eigenvalue weighted by Crippen LogP contribution is 2.33. The molecule has 0 spiro atoms. The lowest BCUT2D eigenvalue weighted by Crippen LogP contribution is -2.26. The van der Waals surface area contributed by atoms with Gasteiger partial charge in [0.15, 0.2) is 0 Å². The maximum absolute atomic E-state index is 6.36. The molecule has 1 fully saturated rings. The van der Waals surface area contributed by atoms with Gasteiger partial charge in [-0.2, -0.15) is 0 Å². The molecule has 4 unspecified atom stereocenters. The predicted octanol–water partition coefficient (Wildman–Crippen LogP) is 2.59. The van der Waals surface area contributed by atoms with Crippen molar-refractivity contribution in [1.82, 2.24) is 4.90 Å². The quantitative estimate of drug-likeness (QED) is 0.604. The molecule has 12 heavy (non-hydrogen) atoms. The van der Waals surface area contributed by atoms with Gasteiger partial charge in [0.2, 0.25) is 0 Å². The van der Waals surface area contributed by atoms with Crippen LogP contribution in [0.4, 0.5) is 0 Å². The maximum Gasteiger partial charge on any atom is 0.0531 e. The lowest BCUT2D eigenvalue weighted by Gasteiger charge is -2.20. The average Bonchev–Trinajstić information content (AvgIpc) is 2.32. The molecular formula is C10H20ClN. The van der Waals surface area contributed by atoms with Crippen LogP contribution >= 0.6 is 11.6 Å². The van der Waals surface area contributed by atoms with E-state index in [0.29, 0.717) is 17.3 Å². The second-order valence-electron chi connectivity index (χ2n) is 4.17. The first-order chi connectivity index (χ1) is 5.57. The molecule has 1 nitrogen and oxygen atoms in total. The second kappa shape index (κ2) is 3.97. The molecule has 0 aromatic carbocycles. The third kappa shape index (κ3) is 1.77. The molecule has 1 rings (SSSR count). The molecule has 1 saturated heterocycles. The van der Waals surface area contributed by atoms with Crippen molar-refractivity contribution in [3.8, 4) is 0 Å². The maximum atomic E-state index is 6.36. The number of alkyl halides is 1.